The van der Waals surface area contributed by atoms with Crippen LogP contribution in [0.25, 0.3) is 0 Å². The molecule has 94 valence electrons. The van der Waals surface area contributed by atoms with Gasteiger partial charge in [-0.25, -0.2) is 0 Å². The third-order valence-electron chi connectivity index (χ3n) is 3.43. The van der Waals surface area contributed by atoms with E-state index in [-0.39, 0.29) is 5.91 Å². The number of aliphatic imine (C=N–C) groups is 1. The van der Waals surface area contributed by atoms with Gasteiger partial charge in [0, 0.05) is 20.0 Å². The Morgan fingerprint density at radius 3 is 3.00 bits per heavy atom. The summed E-state index contributed by atoms with van der Waals surface area (Å²) in [5.41, 5.74) is 3.65. The van der Waals surface area contributed by atoms with Gasteiger partial charge in [0.1, 0.15) is 0 Å². The zero-order valence-electron chi connectivity index (χ0n) is 10.1. The van der Waals surface area contributed by atoms with Crippen molar-refractivity contribution < 1.29 is 4.79 Å². The molecule has 0 aromatic carbocycles. The Bertz CT molecular complexity index is 573. The van der Waals surface area contributed by atoms with Crippen molar-refractivity contribution in [2.24, 2.45) is 4.99 Å². The molecule has 0 aliphatic carbocycles. The predicted molar refractivity (Wildman–Crippen MR) is 74.6 cm³/mol. The van der Waals surface area contributed by atoms with E-state index in [0.29, 0.717) is 6.54 Å². The molecule has 3 rings (SSSR count). The third kappa shape index (κ3) is 1.99. The van der Waals surface area contributed by atoms with Crippen molar-refractivity contribution in [1.82, 2.24) is 4.90 Å². The number of rotatable bonds is 1. The molecule has 0 bridgehead atoms. The highest BCUT2D eigenvalue weighted by Gasteiger charge is 2.28. The van der Waals surface area contributed by atoms with Gasteiger partial charge in [-0.1, -0.05) is 11.6 Å². The lowest BCUT2D eigenvalue weighted by molar-refractivity contribution is -0.128. The summed E-state index contributed by atoms with van der Waals surface area (Å²) in [5, 5.41) is 0. The first kappa shape index (κ1) is 11.9. The molecule has 0 spiro atoms. The second-order valence-corrected chi connectivity index (χ2v) is 6.26. The number of carbonyl (C=O) groups excluding carboxylic acids is 1. The van der Waals surface area contributed by atoms with E-state index in [1.807, 2.05) is 17.0 Å². The first-order chi connectivity index (χ1) is 8.65. The van der Waals surface area contributed by atoms with Crippen molar-refractivity contribution in [2.75, 3.05) is 19.6 Å². The Morgan fingerprint density at radius 2 is 2.33 bits per heavy atom. The molecule has 1 aromatic heterocycles. The maximum absolute atomic E-state index is 11.5. The topological polar surface area (TPSA) is 32.7 Å². The average Bonchev–Trinajstić information content (AvgIpc) is 2.93. The van der Waals surface area contributed by atoms with Gasteiger partial charge in [-0.3, -0.25) is 9.79 Å². The summed E-state index contributed by atoms with van der Waals surface area (Å²) in [7, 11) is 0. The SMILES string of the molecule is CC(=O)N1CCC2=C(C1)C(c1ccc(Cl)s1)=NC2. The molecule has 2 aliphatic rings. The van der Waals surface area contributed by atoms with Crippen molar-refractivity contribution in [3.8, 4) is 0 Å². The van der Waals surface area contributed by atoms with E-state index in [9.17, 15) is 4.79 Å². The van der Waals surface area contributed by atoms with Crippen molar-refractivity contribution >= 4 is 34.6 Å². The molecule has 0 saturated heterocycles. The van der Waals surface area contributed by atoms with Crippen LogP contribution in [0, 0.1) is 0 Å². The molecule has 1 aromatic rings. The monoisotopic (exact) mass is 280 g/mol. The fraction of sp³-hybridized carbons (Fsp3) is 0.385. The van der Waals surface area contributed by atoms with Crippen molar-refractivity contribution in [1.29, 1.82) is 0 Å². The molecule has 18 heavy (non-hydrogen) atoms. The van der Waals surface area contributed by atoms with E-state index < -0.39 is 0 Å². The number of carbonyl (C=O) groups is 1. The Balaban J connectivity index is 1.90. The van der Waals surface area contributed by atoms with Gasteiger partial charge in [-0.05, 0) is 29.7 Å². The molecule has 1 amide bonds. The van der Waals surface area contributed by atoms with Gasteiger partial charge in [0.15, 0.2) is 0 Å². The standard InChI is InChI=1S/C13H13ClN2OS/c1-8(17)16-5-4-9-6-15-13(10(9)7-16)11-2-3-12(14)18-11/h2-3H,4-7H2,1H3. The second-order valence-electron chi connectivity index (χ2n) is 4.54. The summed E-state index contributed by atoms with van der Waals surface area (Å²) in [4.78, 5) is 19.1. The van der Waals surface area contributed by atoms with Crippen LogP contribution in [0.1, 0.15) is 18.2 Å². The highest BCUT2D eigenvalue weighted by atomic mass is 35.5. The van der Waals surface area contributed by atoms with Gasteiger partial charge in [0.05, 0.1) is 21.5 Å². The Hall–Kier alpha value is -1.13. The maximum atomic E-state index is 11.5. The van der Waals surface area contributed by atoms with Gasteiger partial charge < -0.3 is 4.90 Å². The first-order valence-electron chi connectivity index (χ1n) is 5.92. The maximum Gasteiger partial charge on any atom is 0.219 e. The summed E-state index contributed by atoms with van der Waals surface area (Å²) < 4.78 is 0.779. The van der Waals surface area contributed by atoms with Gasteiger partial charge in [-0.15, -0.1) is 11.3 Å². The lowest BCUT2D eigenvalue weighted by Crippen LogP contribution is -2.36. The number of nitrogens with zero attached hydrogens (tertiary/aromatic N) is 2. The normalized spacial score (nSPS) is 19.0. The highest BCUT2D eigenvalue weighted by molar-refractivity contribution is 7.18. The fourth-order valence-corrected chi connectivity index (χ4v) is 3.51. The van der Waals surface area contributed by atoms with Crippen LogP contribution in [0.4, 0.5) is 0 Å². The van der Waals surface area contributed by atoms with Crippen LogP contribution in [0.5, 0.6) is 0 Å². The molecular formula is C13H13ClN2OS. The minimum atomic E-state index is 0.136. The molecule has 0 fully saturated rings. The van der Waals surface area contributed by atoms with E-state index in [2.05, 4.69) is 4.99 Å². The van der Waals surface area contributed by atoms with Crippen LogP contribution in [0.2, 0.25) is 4.34 Å². The van der Waals surface area contributed by atoms with Crippen LogP contribution < -0.4 is 0 Å². The number of thiophene rings is 1. The van der Waals surface area contributed by atoms with E-state index in [4.69, 9.17) is 11.6 Å². The second kappa shape index (κ2) is 4.52. The van der Waals surface area contributed by atoms with E-state index in [1.54, 1.807) is 18.3 Å². The molecule has 0 N–H and O–H groups in total. The lowest BCUT2D eigenvalue weighted by atomic mass is 9.98. The Morgan fingerprint density at radius 1 is 1.50 bits per heavy atom. The van der Waals surface area contributed by atoms with Crippen molar-refractivity contribution in [2.45, 2.75) is 13.3 Å². The minimum absolute atomic E-state index is 0.136. The summed E-state index contributed by atoms with van der Waals surface area (Å²) in [6.07, 6.45) is 0.945. The van der Waals surface area contributed by atoms with Crippen LogP contribution in [0.3, 0.4) is 0 Å². The van der Waals surface area contributed by atoms with Gasteiger partial charge in [0.25, 0.3) is 0 Å². The molecular weight excluding hydrogens is 268 g/mol. The fourth-order valence-electron chi connectivity index (χ4n) is 2.43. The number of hydrogen-bond acceptors (Lipinski definition) is 3. The van der Waals surface area contributed by atoms with Gasteiger partial charge in [-0.2, -0.15) is 0 Å². The molecule has 2 aliphatic heterocycles. The van der Waals surface area contributed by atoms with E-state index >= 15 is 0 Å². The number of amides is 1. The minimum Gasteiger partial charge on any atom is -0.338 e. The molecule has 0 atom stereocenters. The lowest BCUT2D eigenvalue weighted by Gasteiger charge is -2.27. The Kier molecular flexibility index (Phi) is 2.99. The van der Waals surface area contributed by atoms with Gasteiger partial charge in [0.2, 0.25) is 5.91 Å². The number of halogens is 1. The summed E-state index contributed by atoms with van der Waals surface area (Å²) in [6, 6.07) is 3.91. The number of hydrogen-bond donors (Lipinski definition) is 0. The smallest absolute Gasteiger partial charge is 0.219 e. The molecule has 0 saturated carbocycles. The molecule has 3 nitrogen and oxygen atoms in total. The Labute approximate surface area is 115 Å². The summed E-state index contributed by atoms with van der Waals surface area (Å²) in [6.45, 7) is 3.92. The zero-order valence-corrected chi connectivity index (χ0v) is 11.6. The first-order valence-corrected chi connectivity index (χ1v) is 7.11. The quantitative estimate of drug-likeness (QED) is 0.778. The summed E-state index contributed by atoms with van der Waals surface area (Å²) >= 11 is 7.52. The van der Waals surface area contributed by atoms with Crippen molar-refractivity contribution in [3.05, 3.63) is 32.5 Å². The highest BCUT2D eigenvalue weighted by Crippen LogP contribution is 2.31. The van der Waals surface area contributed by atoms with Crippen LogP contribution >= 0.6 is 22.9 Å². The van der Waals surface area contributed by atoms with Crippen LogP contribution in [-0.2, 0) is 4.79 Å². The average molecular weight is 281 g/mol. The van der Waals surface area contributed by atoms with E-state index in [1.165, 1.54) is 11.1 Å². The van der Waals surface area contributed by atoms with Crippen LogP contribution in [0.15, 0.2) is 28.3 Å². The molecule has 0 radical (unpaired) electrons. The molecule has 5 heteroatoms. The van der Waals surface area contributed by atoms with Crippen LogP contribution in [-0.4, -0.2) is 36.2 Å². The van der Waals surface area contributed by atoms with E-state index in [0.717, 1.165) is 34.4 Å². The molecule has 0 unspecified atom stereocenters. The predicted octanol–water partition coefficient (Wildman–Crippen LogP) is 2.75. The largest absolute Gasteiger partial charge is 0.338 e. The summed E-state index contributed by atoms with van der Waals surface area (Å²) in [5.74, 6) is 0.136. The van der Waals surface area contributed by atoms with Crippen molar-refractivity contribution in [3.63, 3.8) is 0 Å². The van der Waals surface area contributed by atoms with Gasteiger partial charge >= 0.3 is 0 Å². The zero-order chi connectivity index (χ0) is 12.7. The third-order valence-corrected chi connectivity index (χ3v) is 4.66. The molecule has 3 heterocycles.